The molecule has 1 aliphatic carbocycles. The highest BCUT2D eigenvalue weighted by Gasteiger charge is 2.51. The summed E-state index contributed by atoms with van der Waals surface area (Å²) in [6.07, 6.45) is 3.81. The molecule has 3 N–H and O–H groups in total. The number of aromatic nitrogens is 3. The first-order valence-corrected chi connectivity index (χ1v) is 12.9. The minimum absolute atomic E-state index is 0.0503. The van der Waals surface area contributed by atoms with Crippen molar-refractivity contribution in [3.63, 3.8) is 0 Å². The molecule has 2 aliphatic rings. The average Bonchev–Trinajstić information content (AvgIpc) is 3.74. The minimum Gasteiger partial charge on any atom is -0.354 e. The maximum absolute atomic E-state index is 13.3. The molecule has 210 valence electrons. The number of hydrogen-bond acceptors (Lipinski definition) is 7. The second-order valence-electron chi connectivity index (χ2n) is 9.89. The Bertz CT molecular complexity index is 1370. The van der Waals surface area contributed by atoms with E-state index < -0.39 is 29.0 Å². The van der Waals surface area contributed by atoms with Crippen molar-refractivity contribution in [1.82, 2.24) is 25.6 Å². The Morgan fingerprint density at radius 1 is 0.950 bits per heavy atom. The smallest absolute Gasteiger partial charge is 0.354 e. The normalized spacial score (nSPS) is 16.2. The van der Waals surface area contributed by atoms with Crippen LogP contribution in [0.3, 0.4) is 0 Å². The molecule has 1 saturated heterocycles. The number of rotatable bonds is 8. The predicted octanol–water partition coefficient (Wildman–Crippen LogP) is 4.34. The number of carbonyl (C=O) groups is 2. The van der Waals surface area contributed by atoms with Crippen LogP contribution in [0.1, 0.15) is 53.7 Å². The number of nitrogens with one attached hydrogen (secondary N) is 3. The van der Waals surface area contributed by atoms with Gasteiger partial charge >= 0.3 is 6.18 Å². The van der Waals surface area contributed by atoms with Crippen molar-refractivity contribution in [1.29, 1.82) is 0 Å². The lowest BCUT2D eigenvalue weighted by Crippen LogP contribution is -2.48. The van der Waals surface area contributed by atoms with E-state index in [1.165, 1.54) is 31.1 Å². The molecule has 0 bridgehead atoms. The molecule has 2 aromatic heterocycles. The Balaban J connectivity index is 1.14. The number of piperidine rings is 1. The van der Waals surface area contributed by atoms with Gasteiger partial charge in [0.25, 0.3) is 5.91 Å². The standard InChI is InChI=1S/C27H27F4N7O2/c28-18-4-7-22(21(12-18)27(29,30)31)36-20-6-5-19(32-16-20)15-33-24(40)26(8-9-26)37-23(39)17-13-34-25(35-14-17)38-10-2-1-3-11-38/h4-7,12-14,16,36H,1-3,8-11,15H2,(H,33,40)(H,37,39). The summed E-state index contributed by atoms with van der Waals surface area (Å²) < 4.78 is 53.1. The lowest BCUT2D eigenvalue weighted by atomic mass is 10.1. The zero-order valence-electron chi connectivity index (χ0n) is 21.4. The summed E-state index contributed by atoms with van der Waals surface area (Å²) in [5.41, 5.74) is -1.50. The predicted molar refractivity (Wildman–Crippen MR) is 138 cm³/mol. The quantitative estimate of drug-likeness (QED) is 0.353. The highest BCUT2D eigenvalue weighted by Crippen LogP contribution is 2.37. The van der Waals surface area contributed by atoms with E-state index in [0.717, 1.165) is 38.1 Å². The molecule has 2 fully saturated rings. The van der Waals surface area contributed by atoms with Gasteiger partial charge in [-0.05, 0) is 62.4 Å². The molecule has 9 nitrogen and oxygen atoms in total. The number of pyridine rings is 1. The summed E-state index contributed by atoms with van der Waals surface area (Å²) in [7, 11) is 0. The number of benzene rings is 1. The first kappa shape index (κ1) is 27.3. The Kier molecular flexibility index (Phi) is 7.55. The van der Waals surface area contributed by atoms with Crippen molar-refractivity contribution in [3.05, 3.63) is 71.6 Å². The van der Waals surface area contributed by atoms with Gasteiger partial charge in [-0.2, -0.15) is 13.2 Å². The molecule has 1 aliphatic heterocycles. The lowest BCUT2D eigenvalue weighted by Gasteiger charge is -2.26. The van der Waals surface area contributed by atoms with E-state index >= 15 is 0 Å². The molecule has 5 rings (SSSR count). The van der Waals surface area contributed by atoms with Gasteiger partial charge in [-0.3, -0.25) is 14.6 Å². The number of nitrogens with zero attached hydrogens (tertiary/aromatic N) is 4. The molecule has 0 unspecified atom stereocenters. The number of anilines is 3. The van der Waals surface area contributed by atoms with Crippen molar-refractivity contribution in [2.45, 2.75) is 50.4 Å². The van der Waals surface area contributed by atoms with Crippen molar-refractivity contribution >= 4 is 29.1 Å². The zero-order chi connectivity index (χ0) is 28.3. The third kappa shape index (κ3) is 6.29. The lowest BCUT2D eigenvalue weighted by molar-refractivity contribution is -0.137. The topological polar surface area (TPSA) is 112 Å². The van der Waals surface area contributed by atoms with Gasteiger partial charge in [-0.25, -0.2) is 14.4 Å². The molecule has 3 aromatic rings. The van der Waals surface area contributed by atoms with Gasteiger partial charge in [-0.1, -0.05) is 0 Å². The fourth-order valence-electron chi connectivity index (χ4n) is 4.48. The molecule has 1 aromatic carbocycles. The Morgan fingerprint density at radius 3 is 2.30 bits per heavy atom. The van der Waals surface area contributed by atoms with Crippen LogP contribution in [0.15, 0.2) is 48.9 Å². The Labute approximate surface area is 227 Å². The van der Waals surface area contributed by atoms with Crippen molar-refractivity contribution < 1.29 is 27.2 Å². The SMILES string of the molecule is O=C(NC1(C(=O)NCc2ccc(Nc3ccc(F)cc3C(F)(F)F)cn2)CC1)c1cnc(N2CCCCC2)nc1. The summed E-state index contributed by atoms with van der Waals surface area (Å²) in [5, 5.41) is 8.13. The molecule has 1 saturated carbocycles. The van der Waals surface area contributed by atoms with Gasteiger partial charge < -0.3 is 20.9 Å². The monoisotopic (exact) mass is 557 g/mol. The van der Waals surface area contributed by atoms with E-state index in [4.69, 9.17) is 0 Å². The summed E-state index contributed by atoms with van der Waals surface area (Å²) in [5.74, 6) is -1.21. The summed E-state index contributed by atoms with van der Waals surface area (Å²) in [6.45, 7) is 1.82. The summed E-state index contributed by atoms with van der Waals surface area (Å²) in [6, 6.07) is 5.40. The van der Waals surface area contributed by atoms with Crippen LogP contribution >= 0.6 is 0 Å². The molecule has 40 heavy (non-hydrogen) atoms. The van der Waals surface area contributed by atoms with Gasteiger partial charge in [0.2, 0.25) is 11.9 Å². The first-order valence-electron chi connectivity index (χ1n) is 12.9. The van der Waals surface area contributed by atoms with Crippen molar-refractivity contribution in [2.75, 3.05) is 23.3 Å². The molecule has 0 spiro atoms. The van der Waals surface area contributed by atoms with E-state index in [1.54, 1.807) is 6.07 Å². The summed E-state index contributed by atoms with van der Waals surface area (Å²) >= 11 is 0. The Morgan fingerprint density at radius 2 is 1.68 bits per heavy atom. The molecular formula is C27H27F4N7O2. The molecule has 0 radical (unpaired) electrons. The molecule has 2 amide bonds. The Hall–Kier alpha value is -4.29. The van der Waals surface area contributed by atoms with Gasteiger partial charge in [0.05, 0.1) is 40.9 Å². The van der Waals surface area contributed by atoms with Crippen molar-refractivity contribution in [3.8, 4) is 0 Å². The first-order chi connectivity index (χ1) is 19.1. The second-order valence-corrected chi connectivity index (χ2v) is 9.89. The number of halogens is 4. The van der Waals surface area contributed by atoms with Gasteiger partial charge in [0.15, 0.2) is 0 Å². The second kappa shape index (κ2) is 11.1. The van der Waals surface area contributed by atoms with Crippen LogP contribution in [0.25, 0.3) is 0 Å². The molecular weight excluding hydrogens is 530 g/mol. The van der Waals surface area contributed by atoms with Crippen LogP contribution in [0.2, 0.25) is 0 Å². The van der Waals surface area contributed by atoms with Gasteiger partial charge in [-0.15, -0.1) is 0 Å². The third-order valence-corrected chi connectivity index (χ3v) is 6.90. The van der Waals surface area contributed by atoms with Crippen LogP contribution in [0.4, 0.5) is 34.9 Å². The minimum atomic E-state index is -4.74. The third-order valence-electron chi connectivity index (χ3n) is 6.90. The van der Waals surface area contributed by atoms with Crippen molar-refractivity contribution in [2.24, 2.45) is 0 Å². The summed E-state index contributed by atoms with van der Waals surface area (Å²) in [4.78, 5) is 40.5. The number of hydrogen-bond donors (Lipinski definition) is 3. The van der Waals surface area contributed by atoms with Crippen LogP contribution < -0.4 is 20.9 Å². The number of alkyl halides is 3. The van der Waals surface area contributed by atoms with E-state index in [2.05, 4.69) is 35.8 Å². The average molecular weight is 558 g/mol. The van der Waals surface area contributed by atoms with Crippen LogP contribution in [0, 0.1) is 5.82 Å². The van der Waals surface area contributed by atoms with Gasteiger partial charge in [0.1, 0.15) is 11.4 Å². The zero-order valence-corrected chi connectivity index (χ0v) is 21.4. The van der Waals surface area contributed by atoms with E-state index in [-0.39, 0.29) is 29.4 Å². The molecule has 0 atom stereocenters. The maximum atomic E-state index is 13.3. The van der Waals surface area contributed by atoms with Crippen LogP contribution in [0.5, 0.6) is 0 Å². The molecule has 3 heterocycles. The van der Waals surface area contributed by atoms with Crippen LogP contribution in [-0.4, -0.2) is 45.4 Å². The highest BCUT2D eigenvalue weighted by atomic mass is 19.4. The number of carbonyl (C=O) groups excluding carboxylic acids is 2. The number of amides is 2. The largest absolute Gasteiger partial charge is 0.418 e. The maximum Gasteiger partial charge on any atom is 0.418 e. The molecule has 13 heteroatoms. The van der Waals surface area contributed by atoms with Gasteiger partial charge in [0, 0.05) is 25.5 Å². The van der Waals surface area contributed by atoms with E-state index in [0.29, 0.717) is 30.6 Å². The van der Waals surface area contributed by atoms with E-state index in [9.17, 15) is 27.2 Å². The van der Waals surface area contributed by atoms with E-state index in [1.807, 2.05) is 0 Å². The fraction of sp³-hybridized carbons (Fsp3) is 0.370. The highest BCUT2D eigenvalue weighted by molar-refractivity contribution is 6.00. The fourth-order valence-corrected chi connectivity index (χ4v) is 4.48. The van der Waals surface area contributed by atoms with Crippen LogP contribution in [-0.2, 0) is 17.5 Å².